The lowest BCUT2D eigenvalue weighted by molar-refractivity contribution is 0.148. The quantitative estimate of drug-likeness (QED) is 0.906. The van der Waals surface area contributed by atoms with Crippen LogP contribution in [0.4, 0.5) is 5.69 Å². The Hall–Kier alpha value is -1.06. The topological polar surface area (TPSA) is 26.7 Å². The summed E-state index contributed by atoms with van der Waals surface area (Å²) in [7, 11) is 0. The zero-order chi connectivity index (χ0) is 14.0. The number of piperazine rings is 1. The summed E-state index contributed by atoms with van der Waals surface area (Å²) in [6, 6.07) is 8.88. The number of benzene rings is 1. The largest absolute Gasteiger partial charge is 0.392 e. The molecular weight excluding hydrogens is 236 g/mol. The van der Waals surface area contributed by atoms with Crippen LogP contribution < -0.4 is 4.90 Å². The summed E-state index contributed by atoms with van der Waals surface area (Å²) >= 11 is 0. The summed E-state index contributed by atoms with van der Waals surface area (Å²) in [6.45, 7) is 12.5. The van der Waals surface area contributed by atoms with Crippen LogP contribution in [0.5, 0.6) is 0 Å². The molecule has 1 aliphatic heterocycles. The fraction of sp³-hybridized carbons (Fsp3) is 0.625. The van der Waals surface area contributed by atoms with Gasteiger partial charge in [0.05, 0.1) is 6.61 Å². The first-order chi connectivity index (χ1) is 8.94. The molecular formula is C16H26N2O. The highest BCUT2D eigenvalue weighted by Crippen LogP contribution is 2.28. The Kier molecular flexibility index (Phi) is 4.16. The van der Waals surface area contributed by atoms with Crippen molar-refractivity contribution in [3.63, 3.8) is 0 Å². The Morgan fingerprint density at radius 3 is 2.26 bits per heavy atom. The van der Waals surface area contributed by atoms with Crippen LogP contribution in [-0.4, -0.2) is 41.2 Å². The predicted octanol–water partition coefficient (Wildman–Crippen LogP) is 2.49. The molecule has 0 spiro atoms. The van der Waals surface area contributed by atoms with Crippen molar-refractivity contribution in [1.29, 1.82) is 0 Å². The molecule has 0 atom stereocenters. The van der Waals surface area contributed by atoms with Crippen LogP contribution in [0.2, 0.25) is 0 Å². The number of nitrogens with zero attached hydrogens (tertiary/aromatic N) is 2. The lowest BCUT2D eigenvalue weighted by Gasteiger charge is -2.49. The maximum atomic E-state index is 9.12. The lowest BCUT2D eigenvalue weighted by atomic mass is 9.96. The minimum absolute atomic E-state index is 0.116. The highest BCUT2D eigenvalue weighted by Gasteiger charge is 2.34. The molecule has 0 amide bonds. The molecule has 0 aromatic heterocycles. The van der Waals surface area contributed by atoms with E-state index in [1.165, 1.54) is 5.69 Å². The highest BCUT2D eigenvalue weighted by atomic mass is 16.3. The number of hydrogen-bond acceptors (Lipinski definition) is 3. The maximum Gasteiger partial charge on any atom is 0.0681 e. The Morgan fingerprint density at radius 2 is 1.79 bits per heavy atom. The van der Waals surface area contributed by atoms with E-state index in [-0.39, 0.29) is 12.1 Å². The first-order valence-electron chi connectivity index (χ1n) is 7.15. The van der Waals surface area contributed by atoms with Crippen LogP contribution in [0.1, 0.15) is 33.3 Å². The van der Waals surface area contributed by atoms with E-state index in [0.29, 0.717) is 6.04 Å². The SMILES string of the molecule is CC(C)N1CCN(c2ccc(CO)cc2)C(C)(C)C1. The minimum atomic E-state index is 0.116. The van der Waals surface area contributed by atoms with Gasteiger partial charge in [0.2, 0.25) is 0 Å². The van der Waals surface area contributed by atoms with Gasteiger partial charge in [-0.15, -0.1) is 0 Å². The Balaban J connectivity index is 2.16. The third-order valence-electron chi connectivity index (χ3n) is 4.09. The first kappa shape index (κ1) is 14.4. The van der Waals surface area contributed by atoms with Gasteiger partial charge in [0.25, 0.3) is 0 Å². The number of aliphatic hydroxyl groups is 1. The van der Waals surface area contributed by atoms with Crippen molar-refractivity contribution in [2.45, 2.75) is 45.9 Å². The van der Waals surface area contributed by atoms with Crippen molar-refractivity contribution < 1.29 is 5.11 Å². The van der Waals surface area contributed by atoms with E-state index in [1.54, 1.807) is 0 Å². The van der Waals surface area contributed by atoms with Crippen molar-refractivity contribution in [2.75, 3.05) is 24.5 Å². The minimum Gasteiger partial charge on any atom is -0.392 e. The molecule has 106 valence electrons. The van der Waals surface area contributed by atoms with Crippen LogP contribution in [0, 0.1) is 0 Å². The molecule has 1 aromatic rings. The van der Waals surface area contributed by atoms with Crippen molar-refractivity contribution in [1.82, 2.24) is 4.90 Å². The summed E-state index contributed by atoms with van der Waals surface area (Å²) in [5, 5.41) is 9.12. The van der Waals surface area contributed by atoms with E-state index < -0.39 is 0 Å². The molecule has 1 heterocycles. The molecule has 3 heteroatoms. The van der Waals surface area contributed by atoms with Crippen LogP contribution in [0.25, 0.3) is 0 Å². The van der Waals surface area contributed by atoms with Gasteiger partial charge in [-0.05, 0) is 45.4 Å². The fourth-order valence-corrected chi connectivity index (χ4v) is 2.89. The van der Waals surface area contributed by atoms with Crippen LogP contribution in [-0.2, 0) is 6.61 Å². The van der Waals surface area contributed by atoms with Gasteiger partial charge in [0.1, 0.15) is 0 Å². The number of anilines is 1. The number of hydrogen-bond donors (Lipinski definition) is 1. The average Bonchev–Trinajstić information content (AvgIpc) is 2.37. The van der Waals surface area contributed by atoms with Gasteiger partial charge in [0, 0.05) is 36.9 Å². The second-order valence-electron chi connectivity index (χ2n) is 6.35. The van der Waals surface area contributed by atoms with E-state index in [1.807, 2.05) is 12.1 Å². The molecule has 2 rings (SSSR count). The molecule has 0 unspecified atom stereocenters. The summed E-state index contributed by atoms with van der Waals surface area (Å²) in [5.74, 6) is 0. The standard InChI is InChI=1S/C16H26N2O/c1-13(2)17-9-10-18(16(3,4)12-17)15-7-5-14(11-19)6-8-15/h5-8,13,19H,9-12H2,1-4H3. The zero-order valence-corrected chi connectivity index (χ0v) is 12.6. The van der Waals surface area contributed by atoms with E-state index in [2.05, 4.69) is 49.6 Å². The van der Waals surface area contributed by atoms with Gasteiger partial charge in [-0.3, -0.25) is 4.90 Å². The number of rotatable bonds is 3. The molecule has 19 heavy (non-hydrogen) atoms. The predicted molar refractivity (Wildman–Crippen MR) is 80.5 cm³/mol. The summed E-state index contributed by atoms with van der Waals surface area (Å²) in [4.78, 5) is 5.02. The van der Waals surface area contributed by atoms with E-state index >= 15 is 0 Å². The first-order valence-corrected chi connectivity index (χ1v) is 7.15. The van der Waals surface area contributed by atoms with Crippen LogP contribution >= 0.6 is 0 Å². The van der Waals surface area contributed by atoms with Gasteiger partial charge < -0.3 is 10.0 Å². The van der Waals surface area contributed by atoms with Gasteiger partial charge in [-0.25, -0.2) is 0 Å². The van der Waals surface area contributed by atoms with Crippen LogP contribution in [0.3, 0.4) is 0 Å². The fourth-order valence-electron chi connectivity index (χ4n) is 2.89. The van der Waals surface area contributed by atoms with E-state index in [4.69, 9.17) is 5.11 Å². The van der Waals surface area contributed by atoms with Crippen molar-refractivity contribution >= 4 is 5.69 Å². The molecule has 1 aromatic carbocycles. The second kappa shape index (κ2) is 5.51. The molecule has 1 saturated heterocycles. The smallest absolute Gasteiger partial charge is 0.0681 e. The maximum absolute atomic E-state index is 9.12. The van der Waals surface area contributed by atoms with Gasteiger partial charge >= 0.3 is 0 Å². The molecule has 0 saturated carbocycles. The summed E-state index contributed by atoms with van der Waals surface area (Å²) in [5.41, 5.74) is 2.37. The number of aliphatic hydroxyl groups excluding tert-OH is 1. The molecule has 1 fully saturated rings. The second-order valence-corrected chi connectivity index (χ2v) is 6.35. The summed E-state index contributed by atoms with van der Waals surface area (Å²) < 4.78 is 0. The Morgan fingerprint density at radius 1 is 1.16 bits per heavy atom. The molecule has 0 radical (unpaired) electrons. The molecule has 0 bridgehead atoms. The molecule has 0 aliphatic carbocycles. The van der Waals surface area contributed by atoms with Gasteiger partial charge in [-0.2, -0.15) is 0 Å². The third-order valence-corrected chi connectivity index (χ3v) is 4.09. The monoisotopic (exact) mass is 262 g/mol. The zero-order valence-electron chi connectivity index (χ0n) is 12.6. The Labute approximate surface area is 116 Å². The Bertz CT molecular complexity index is 411. The van der Waals surface area contributed by atoms with E-state index in [0.717, 1.165) is 25.2 Å². The van der Waals surface area contributed by atoms with E-state index in [9.17, 15) is 0 Å². The molecule has 3 nitrogen and oxygen atoms in total. The molecule has 1 aliphatic rings. The van der Waals surface area contributed by atoms with Crippen molar-refractivity contribution in [3.8, 4) is 0 Å². The highest BCUT2D eigenvalue weighted by molar-refractivity contribution is 5.50. The van der Waals surface area contributed by atoms with Crippen molar-refractivity contribution in [3.05, 3.63) is 29.8 Å². The normalized spacial score (nSPS) is 20.0. The average molecular weight is 262 g/mol. The van der Waals surface area contributed by atoms with Crippen molar-refractivity contribution in [2.24, 2.45) is 0 Å². The third kappa shape index (κ3) is 3.10. The van der Waals surface area contributed by atoms with Gasteiger partial charge in [-0.1, -0.05) is 12.1 Å². The lowest BCUT2D eigenvalue weighted by Crippen LogP contribution is -2.60. The molecule has 1 N–H and O–H groups in total. The van der Waals surface area contributed by atoms with Crippen LogP contribution in [0.15, 0.2) is 24.3 Å². The van der Waals surface area contributed by atoms with Gasteiger partial charge in [0.15, 0.2) is 0 Å². The summed E-state index contributed by atoms with van der Waals surface area (Å²) in [6.07, 6.45) is 0.